The topological polar surface area (TPSA) is 99.2 Å². The Morgan fingerprint density at radius 1 is 0.968 bits per heavy atom. The summed E-state index contributed by atoms with van der Waals surface area (Å²) in [7, 11) is -7.90. The molecule has 0 unspecified atom stereocenters. The highest BCUT2D eigenvalue weighted by molar-refractivity contribution is 7.89. The molecular formula is C21H25NO7S2. The van der Waals surface area contributed by atoms with E-state index in [0.717, 1.165) is 5.56 Å². The second-order valence-electron chi connectivity index (χ2n) is 7.65. The van der Waals surface area contributed by atoms with Crippen molar-refractivity contribution in [2.45, 2.75) is 35.8 Å². The molecule has 0 N–H and O–H groups in total. The van der Waals surface area contributed by atoms with Crippen molar-refractivity contribution < 1.29 is 30.5 Å². The summed E-state index contributed by atoms with van der Waals surface area (Å²) < 4.78 is 69.8. The summed E-state index contributed by atoms with van der Waals surface area (Å²) in [6, 6.07) is 12.0. The quantitative estimate of drug-likeness (QED) is 0.576. The van der Waals surface area contributed by atoms with Crippen LogP contribution in [0.5, 0.6) is 5.75 Å². The van der Waals surface area contributed by atoms with Crippen LogP contribution in [0.2, 0.25) is 0 Å². The normalized spacial score (nSPS) is 24.3. The fourth-order valence-electron chi connectivity index (χ4n) is 3.97. The highest BCUT2D eigenvalue weighted by Gasteiger charge is 2.52. The Morgan fingerprint density at radius 2 is 1.61 bits per heavy atom. The van der Waals surface area contributed by atoms with Gasteiger partial charge in [0.15, 0.2) is 0 Å². The van der Waals surface area contributed by atoms with Gasteiger partial charge in [0.25, 0.3) is 10.1 Å². The molecule has 0 aliphatic carbocycles. The van der Waals surface area contributed by atoms with E-state index < -0.39 is 32.3 Å². The van der Waals surface area contributed by atoms with Crippen LogP contribution in [0.15, 0.2) is 58.3 Å². The van der Waals surface area contributed by atoms with Gasteiger partial charge in [-0.05, 0) is 50.2 Å². The highest BCUT2D eigenvalue weighted by Crippen LogP contribution is 2.37. The minimum Gasteiger partial charge on any atom is -0.494 e. The second-order valence-corrected chi connectivity index (χ2v) is 11.1. The number of hydrogen-bond acceptors (Lipinski definition) is 7. The third-order valence-electron chi connectivity index (χ3n) is 5.60. The van der Waals surface area contributed by atoms with Crippen LogP contribution in [0.1, 0.15) is 12.5 Å². The first-order valence-corrected chi connectivity index (χ1v) is 12.9. The maximum atomic E-state index is 13.3. The molecule has 2 aromatic carbocycles. The second kappa shape index (κ2) is 8.51. The predicted octanol–water partition coefficient (Wildman–Crippen LogP) is 2.19. The van der Waals surface area contributed by atoms with Gasteiger partial charge < -0.3 is 9.47 Å². The van der Waals surface area contributed by atoms with Crippen LogP contribution in [0, 0.1) is 12.8 Å². The summed E-state index contributed by atoms with van der Waals surface area (Å²) >= 11 is 0. The Morgan fingerprint density at radius 3 is 2.26 bits per heavy atom. The van der Waals surface area contributed by atoms with E-state index in [1.807, 2.05) is 13.8 Å². The molecule has 2 aliphatic heterocycles. The lowest BCUT2D eigenvalue weighted by atomic mass is 10.0. The van der Waals surface area contributed by atoms with E-state index in [1.54, 1.807) is 24.3 Å². The summed E-state index contributed by atoms with van der Waals surface area (Å²) in [5.74, 6) is 0.216. The van der Waals surface area contributed by atoms with E-state index in [0.29, 0.717) is 12.4 Å². The van der Waals surface area contributed by atoms with Crippen molar-refractivity contribution in [3.05, 3.63) is 54.1 Å². The number of rotatable bonds is 7. The van der Waals surface area contributed by atoms with Crippen LogP contribution in [0.3, 0.4) is 0 Å². The molecule has 2 fully saturated rings. The van der Waals surface area contributed by atoms with Crippen LogP contribution in [0.25, 0.3) is 0 Å². The molecule has 3 atom stereocenters. The number of ether oxygens (including phenoxy) is 2. The molecule has 4 rings (SSSR count). The van der Waals surface area contributed by atoms with Crippen molar-refractivity contribution >= 4 is 20.1 Å². The minimum atomic E-state index is -4.04. The third kappa shape index (κ3) is 4.35. The summed E-state index contributed by atoms with van der Waals surface area (Å²) in [5, 5.41) is 0. The lowest BCUT2D eigenvalue weighted by Gasteiger charge is -2.22. The molecule has 0 amide bonds. The van der Waals surface area contributed by atoms with Crippen LogP contribution < -0.4 is 4.74 Å². The maximum Gasteiger partial charge on any atom is 0.297 e. The SMILES string of the molecule is CCOc1ccc(S(=O)(=O)N2C[C@H](OS(=O)(=O)c3ccc(C)cc3)[C@@H]3COC[C@@H]32)cc1. The number of hydrogen-bond donors (Lipinski definition) is 0. The zero-order chi connectivity index (χ0) is 22.2. The van der Waals surface area contributed by atoms with E-state index >= 15 is 0 Å². The zero-order valence-electron chi connectivity index (χ0n) is 17.3. The monoisotopic (exact) mass is 467 g/mol. The van der Waals surface area contributed by atoms with Gasteiger partial charge in [-0.1, -0.05) is 17.7 Å². The van der Waals surface area contributed by atoms with Crippen molar-refractivity contribution in [3.8, 4) is 5.75 Å². The number of fused-ring (bicyclic) bond motifs is 1. The number of benzene rings is 2. The van der Waals surface area contributed by atoms with E-state index in [4.69, 9.17) is 13.7 Å². The van der Waals surface area contributed by atoms with Crippen molar-refractivity contribution in [1.29, 1.82) is 0 Å². The largest absolute Gasteiger partial charge is 0.494 e. The third-order valence-corrected chi connectivity index (χ3v) is 8.86. The zero-order valence-corrected chi connectivity index (χ0v) is 18.9. The first-order chi connectivity index (χ1) is 14.7. The summed E-state index contributed by atoms with van der Waals surface area (Å²) in [6.07, 6.45) is -0.823. The maximum absolute atomic E-state index is 13.3. The Bertz CT molecular complexity index is 1130. The molecule has 2 aliphatic rings. The van der Waals surface area contributed by atoms with Gasteiger partial charge in [-0.3, -0.25) is 4.18 Å². The van der Waals surface area contributed by atoms with Gasteiger partial charge in [0, 0.05) is 12.5 Å². The van der Waals surface area contributed by atoms with Gasteiger partial charge in [-0.2, -0.15) is 12.7 Å². The van der Waals surface area contributed by atoms with Crippen LogP contribution in [-0.4, -0.2) is 59.7 Å². The Hall–Kier alpha value is -1.98. The lowest BCUT2D eigenvalue weighted by molar-refractivity contribution is 0.120. The smallest absolute Gasteiger partial charge is 0.297 e. The molecular weight excluding hydrogens is 442 g/mol. The summed E-state index contributed by atoms with van der Waals surface area (Å²) in [4.78, 5) is 0.157. The molecule has 31 heavy (non-hydrogen) atoms. The van der Waals surface area contributed by atoms with Crippen LogP contribution >= 0.6 is 0 Å². The molecule has 0 aromatic heterocycles. The highest BCUT2D eigenvalue weighted by atomic mass is 32.2. The van der Waals surface area contributed by atoms with Gasteiger partial charge in [0.1, 0.15) is 5.75 Å². The fraction of sp³-hybridized carbons (Fsp3) is 0.429. The first-order valence-electron chi connectivity index (χ1n) is 10.0. The number of sulfonamides is 1. The molecule has 168 valence electrons. The van der Waals surface area contributed by atoms with Gasteiger partial charge in [0.2, 0.25) is 10.0 Å². The van der Waals surface area contributed by atoms with Gasteiger partial charge in [0.05, 0.1) is 41.8 Å². The van der Waals surface area contributed by atoms with Crippen molar-refractivity contribution in [3.63, 3.8) is 0 Å². The molecule has 2 saturated heterocycles. The van der Waals surface area contributed by atoms with Crippen molar-refractivity contribution in [2.24, 2.45) is 5.92 Å². The molecule has 0 spiro atoms. The van der Waals surface area contributed by atoms with Gasteiger partial charge in [-0.25, -0.2) is 8.42 Å². The van der Waals surface area contributed by atoms with Crippen LogP contribution in [-0.2, 0) is 29.1 Å². The Kier molecular flexibility index (Phi) is 6.10. The fourth-order valence-corrected chi connectivity index (χ4v) is 6.75. The lowest BCUT2D eigenvalue weighted by Crippen LogP contribution is -2.38. The van der Waals surface area contributed by atoms with Gasteiger partial charge >= 0.3 is 0 Å². The summed E-state index contributed by atoms with van der Waals surface area (Å²) in [5.41, 5.74) is 0.927. The van der Waals surface area contributed by atoms with E-state index in [9.17, 15) is 16.8 Å². The molecule has 2 heterocycles. The molecule has 8 nitrogen and oxygen atoms in total. The number of nitrogens with zero attached hydrogens (tertiary/aromatic N) is 1. The molecule has 0 bridgehead atoms. The Labute approximate surface area is 182 Å². The van der Waals surface area contributed by atoms with Gasteiger partial charge in [-0.15, -0.1) is 0 Å². The van der Waals surface area contributed by atoms with E-state index in [2.05, 4.69) is 0 Å². The average Bonchev–Trinajstić information content (AvgIpc) is 3.33. The predicted molar refractivity (Wildman–Crippen MR) is 113 cm³/mol. The molecule has 0 saturated carbocycles. The average molecular weight is 468 g/mol. The first kappa shape index (κ1) is 22.2. The van der Waals surface area contributed by atoms with Crippen LogP contribution in [0.4, 0.5) is 0 Å². The minimum absolute atomic E-state index is 0.0429. The molecule has 2 aromatic rings. The Balaban J connectivity index is 1.57. The molecule has 10 heteroatoms. The summed E-state index contributed by atoms with van der Waals surface area (Å²) in [6.45, 7) is 4.57. The van der Waals surface area contributed by atoms with Crippen molar-refractivity contribution in [1.82, 2.24) is 4.31 Å². The number of aryl methyl sites for hydroxylation is 1. The van der Waals surface area contributed by atoms with E-state index in [-0.39, 0.29) is 35.5 Å². The van der Waals surface area contributed by atoms with Crippen molar-refractivity contribution in [2.75, 3.05) is 26.4 Å². The molecule has 0 radical (unpaired) electrons. The van der Waals surface area contributed by atoms with E-state index in [1.165, 1.54) is 28.6 Å². The standard InChI is InChI=1S/C21H25NO7S2/c1-3-28-16-6-10-17(11-7-16)30(23,24)22-12-21(19-13-27-14-20(19)22)29-31(25,26)18-8-4-15(2)5-9-18/h4-11,19-21H,3,12-14H2,1-2H3/t19-,20+,21+/m1/s1.